The van der Waals surface area contributed by atoms with E-state index < -0.39 is 10.0 Å². The summed E-state index contributed by atoms with van der Waals surface area (Å²) in [6.45, 7) is 1.31. The van der Waals surface area contributed by atoms with E-state index in [4.69, 9.17) is 0 Å². The Hall–Kier alpha value is -1.51. The van der Waals surface area contributed by atoms with Gasteiger partial charge in [-0.2, -0.15) is 0 Å². The Balaban J connectivity index is 1.67. The van der Waals surface area contributed by atoms with Gasteiger partial charge in [0.25, 0.3) is 0 Å². The van der Waals surface area contributed by atoms with Crippen LogP contribution in [0.2, 0.25) is 0 Å². The van der Waals surface area contributed by atoms with Gasteiger partial charge >= 0.3 is 0 Å². The van der Waals surface area contributed by atoms with E-state index in [0.29, 0.717) is 6.54 Å². The molecule has 0 radical (unpaired) electrons. The lowest BCUT2D eigenvalue weighted by Gasteiger charge is -2.24. The predicted molar refractivity (Wildman–Crippen MR) is 81.9 cm³/mol. The third-order valence-electron chi connectivity index (χ3n) is 3.50. The van der Waals surface area contributed by atoms with E-state index in [-0.39, 0.29) is 10.9 Å². The van der Waals surface area contributed by atoms with Crippen LogP contribution in [0.3, 0.4) is 0 Å². The van der Waals surface area contributed by atoms with Crippen molar-refractivity contribution in [2.45, 2.75) is 23.8 Å². The zero-order valence-corrected chi connectivity index (χ0v) is 13.0. The zero-order valence-electron chi connectivity index (χ0n) is 11.3. The third kappa shape index (κ3) is 3.22. The quantitative estimate of drug-likeness (QED) is 0.902. The van der Waals surface area contributed by atoms with Crippen LogP contribution in [0.4, 0.5) is 5.13 Å². The number of hydrogen-bond acceptors (Lipinski definition) is 6. The van der Waals surface area contributed by atoms with E-state index in [9.17, 15) is 8.42 Å². The molecule has 1 saturated heterocycles. The molecule has 1 aliphatic rings. The molecule has 3 rings (SSSR count). The summed E-state index contributed by atoms with van der Waals surface area (Å²) in [7, 11) is -3.50. The molecule has 1 atom stereocenters. The summed E-state index contributed by atoms with van der Waals surface area (Å²) >= 11 is 1.58. The smallest absolute Gasteiger partial charge is 0.242 e. The molecule has 0 bridgehead atoms. The lowest BCUT2D eigenvalue weighted by molar-refractivity contribution is 0.566. The van der Waals surface area contributed by atoms with E-state index in [1.807, 2.05) is 5.38 Å². The third-order valence-corrected chi connectivity index (χ3v) is 5.71. The maximum atomic E-state index is 12.2. The second-order valence-electron chi connectivity index (χ2n) is 4.84. The molecule has 0 amide bonds. The number of sulfonamides is 1. The summed E-state index contributed by atoms with van der Waals surface area (Å²) in [6.07, 6.45) is 6.71. The molecule has 2 aromatic rings. The Kier molecular flexibility index (Phi) is 4.18. The minimum absolute atomic E-state index is 0.155. The molecule has 3 heterocycles. The molecule has 0 aromatic carbocycles. The van der Waals surface area contributed by atoms with Gasteiger partial charge in [0, 0.05) is 43.1 Å². The first kappa shape index (κ1) is 14.4. The van der Waals surface area contributed by atoms with Crippen molar-refractivity contribution in [3.05, 3.63) is 36.1 Å². The lowest BCUT2D eigenvalue weighted by atomic mass is 10.2. The lowest BCUT2D eigenvalue weighted by Crippen LogP contribution is -2.40. The van der Waals surface area contributed by atoms with Gasteiger partial charge in [-0.15, -0.1) is 11.3 Å². The van der Waals surface area contributed by atoms with E-state index in [2.05, 4.69) is 19.6 Å². The van der Waals surface area contributed by atoms with E-state index in [0.717, 1.165) is 24.5 Å². The summed E-state index contributed by atoms with van der Waals surface area (Å²) in [6, 6.07) is 3.32. The first-order valence-corrected chi connectivity index (χ1v) is 9.09. The fourth-order valence-electron chi connectivity index (χ4n) is 2.45. The van der Waals surface area contributed by atoms with Gasteiger partial charge in [-0.3, -0.25) is 4.98 Å². The van der Waals surface area contributed by atoms with Gasteiger partial charge in [0.05, 0.1) is 0 Å². The van der Waals surface area contributed by atoms with Crippen LogP contribution < -0.4 is 9.62 Å². The van der Waals surface area contributed by atoms with Gasteiger partial charge in [0.1, 0.15) is 4.90 Å². The van der Waals surface area contributed by atoms with Crippen LogP contribution in [0.1, 0.15) is 12.8 Å². The molecule has 21 heavy (non-hydrogen) atoms. The van der Waals surface area contributed by atoms with Crippen LogP contribution in [0.5, 0.6) is 0 Å². The summed E-state index contributed by atoms with van der Waals surface area (Å²) in [4.78, 5) is 10.5. The Labute approximate surface area is 127 Å². The molecule has 1 N–H and O–H groups in total. The number of hydrogen-bond donors (Lipinski definition) is 1. The number of nitrogens with one attached hydrogen (secondary N) is 1. The highest BCUT2D eigenvalue weighted by Crippen LogP contribution is 2.26. The molecule has 8 heteroatoms. The Morgan fingerprint density at radius 2 is 2.33 bits per heavy atom. The topological polar surface area (TPSA) is 75.2 Å². The average molecular weight is 324 g/mol. The molecule has 6 nitrogen and oxygen atoms in total. The van der Waals surface area contributed by atoms with Crippen molar-refractivity contribution in [1.82, 2.24) is 14.7 Å². The van der Waals surface area contributed by atoms with Crippen molar-refractivity contribution in [3.63, 3.8) is 0 Å². The van der Waals surface area contributed by atoms with Gasteiger partial charge in [0.2, 0.25) is 10.0 Å². The fraction of sp³-hybridized carbons (Fsp3) is 0.385. The Morgan fingerprint density at radius 3 is 3.05 bits per heavy atom. The minimum atomic E-state index is -3.50. The normalized spacial score (nSPS) is 19.0. The van der Waals surface area contributed by atoms with Crippen molar-refractivity contribution in [2.24, 2.45) is 0 Å². The largest absolute Gasteiger partial charge is 0.344 e. The first-order valence-electron chi connectivity index (χ1n) is 6.73. The highest BCUT2D eigenvalue weighted by Gasteiger charge is 2.27. The summed E-state index contributed by atoms with van der Waals surface area (Å²) in [5.74, 6) is 0. The van der Waals surface area contributed by atoms with E-state index >= 15 is 0 Å². The predicted octanol–water partition coefficient (Wildman–Crippen LogP) is 1.49. The van der Waals surface area contributed by atoms with Gasteiger partial charge < -0.3 is 4.90 Å². The number of thiazole rings is 1. The first-order chi connectivity index (χ1) is 10.2. The SMILES string of the molecule is O=S(=O)(NCC1CCCN1c1nccs1)c1cccnc1. The molecule has 1 aliphatic heterocycles. The maximum absolute atomic E-state index is 12.2. The van der Waals surface area contributed by atoms with Crippen molar-refractivity contribution in [1.29, 1.82) is 0 Å². The fourth-order valence-corrected chi connectivity index (χ4v) is 4.23. The molecule has 2 aromatic heterocycles. The number of nitrogens with zero attached hydrogens (tertiary/aromatic N) is 3. The molecular formula is C13H16N4O2S2. The molecule has 112 valence electrons. The van der Waals surface area contributed by atoms with Gasteiger partial charge in [0.15, 0.2) is 5.13 Å². The Morgan fingerprint density at radius 1 is 1.43 bits per heavy atom. The van der Waals surface area contributed by atoms with Crippen molar-refractivity contribution in [3.8, 4) is 0 Å². The van der Waals surface area contributed by atoms with Crippen LogP contribution in [-0.4, -0.2) is 37.5 Å². The summed E-state index contributed by atoms with van der Waals surface area (Å²) in [5, 5.41) is 2.89. The summed E-state index contributed by atoms with van der Waals surface area (Å²) < 4.78 is 27.1. The summed E-state index contributed by atoms with van der Waals surface area (Å²) in [5.41, 5.74) is 0. The monoisotopic (exact) mass is 324 g/mol. The molecule has 1 unspecified atom stereocenters. The number of rotatable bonds is 5. The van der Waals surface area contributed by atoms with Gasteiger partial charge in [-0.25, -0.2) is 18.1 Å². The van der Waals surface area contributed by atoms with Crippen LogP contribution in [-0.2, 0) is 10.0 Å². The second-order valence-corrected chi connectivity index (χ2v) is 7.48. The second kappa shape index (κ2) is 6.08. The maximum Gasteiger partial charge on any atom is 0.242 e. The van der Waals surface area contributed by atoms with Crippen molar-refractivity contribution in [2.75, 3.05) is 18.0 Å². The molecular weight excluding hydrogens is 308 g/mol. The molecule has 0 spiro atoms. The van der Waals surface area contributed by atoms with E-state index in [1.165, 1.54) is 6.20 Å². The Bertz CT molecular complexity index is 673. The molecule has 1 fully saturated rings. The average Bonchev–Trinajstić information content (AvgIpc) is 3.17. The number of pyridine rings is 1. The zero-order chi connectivity index (χ0) is 14.7. The van der Waals surface area contributed by atoms with Crippen LogP contribution in [0.25, 0.3) is 0 Å². The van der Waals surface area contributed by atoms with Crippen LogP contribution >= 0.6 is 11.3 Å². The number of aromatic nitrogens is 2. The van der Waals surface area contributed by atoms with Crippen LogP contribution in [0, 0.1) is 0 Å². The number of anilines is 1. The van der Waals surface area contributed by atoms with Crippen LogP contribution in [0.15, 0.2) is 41.0 Å². The standard InChI is InChI=1S/C13H16N4O2S2/c18-21(19,12-4-1-5-14-10-12)16-9-11-3-2-7-17(11)13-15-6-8-20-13/h1,4-6,8,10-11,16H,2-3,7,9H2. The van der Waals surface area contributed by atoms with Gasteiger partial charge in [-0.1, -0.05) is 0 Å². The van der Waals surface area contributed by atoms with Crippen molar-refractivity contribution >= 4 is 26.5 Å². The van der Waals surface area contributed by atoms with Crippen molar-refractivity contribution < 1.29 is 8.42 Å². The van der Waals surface area contributed by atoms with Gasteiger partial charge in [-0.05, 0) is 25.0 Å². The highest BCUT2D eigenvalue weighted by molar-refractivity contribution is 7.89. The minimum Gasteiger partial charge on any atom is -0.344 e. The van der Waals surface area contributed by atoms with E-state index in [1.54, 1.807) is 35.9 Å². The highest BCUT2D eigenvalue weighted by atomic mass is 32.2. The molecule has 0 saturated carbocycles. The molecule has 0 aliphatic carbocycles.